The molecule has 0 unspecified atom stereocenters. The van der Waals surface area contributed by atoms with E-state index in [1.54, 1.807) is 25.1 Å². The summed E-state index contributed by atoms with van der Waals surface area (Å²) in [5, 5.41) is 13.4. The maximum atomic E-state index is 11.9. The number of aryl methyl sites for hydroxylation is 1. The molecule has 0 aliphatic heterocycles. The number of esters is 1. The van der Waals surface area contributed by atoms with Gasteiger partial charge < -0.3 is 14.8 Å². The molecule has 8 nitrogen and oxygen atoms in total. The van der Waals surface area contributed by atoms with Crippen LogP contribution in [0, 0.1) is 17.0 Å². The van der Waals surface area contributed by atoms with Crippen LogP contribution in [0.15, 0.2) is 42.5 Å². The first kappa shape index (κ1) is 20.9. The van der Waals surface area contributed by atoms with E-state index in [9.17, 15) is 19.7 Å². The molecule has 148 valence electrons. The van der Waals surface area contributed by atoms with Crippen molar-refractivity contribution in [3.8, 4) is 5.75 Å². The molecule has 0 atom stereocenters. The monoisotopic (exact) mass is 386 g/mol. The molecule has 0 bridgehead atoms. The Balaban J connectivity index is 1.81. The molecule has 0 saturated carbocycles. The zero-order chi connectivity index (χ0) is 20.7. The van der Waals surface area contributed by atoms with E-state index in [1.165, 1.54) is 12.1 Å². The van der Waals surface area contributed by atoms with Gasteiger partial charge in [-0.25, -0.2) is 4.79 Å². The van der Waals surface area contributed by atoms with Gasteiger partial charge in [-0.3, -0.25) is 14.9 Å². The highest BCUT2D eigenvalue weighted by molar-refractivity contribution is 5.94. The first-order chi connectivity index (χ1) is 13.3. The van der Waals surface area contributed by atoms with Crippen LogP contribution >= 0.6 is 0 Å². The van der Waals surface area contributed by atoms with Gasteiger partial charge in [-0.05, 0) is 42.2 Å². The molecular formula is C20H22N2O6. The number of hydrogen-bond donors (Lipinski definition) is 1. The largest absolute Gasteiger partial charge is 0.482 e. The van der Waals surface area contributed by atoms with Crippen molar-refractivity contribution in [2.45, 2.75) is 26.7 Å². The first-order valence-corrected chi connectivity index (χ1v) is 8.69. The van der Waals surface area contributed by atoms with Crippen molar-refractivity contribution < 1.29 is 24.0 Å². The van der Waals surface area contributed by atoms with Crippen LogP contribution in [0.2, 0.25) is 0 Å². The summed E-state index contributed by atoms with van der Waals surface area (Å²) in [5.41, 5.74) is 1.65. The Morgan fingerprint density at radius 2 is 1.79 bits per heavy atom. The molecule has 28 heavy (non-hydrogen) atoms. The topological polar surface area (TPSA) is 108 Å². The number of ether oxygens (including phenoxy) is 2. The molecule has 0 fully saturated rings. The molecule has 1 amide bonds. The number of anilines is 1. The van der Waals surface area contributed by atoms with Gasteiger partial charge in [-0.2, -0.15) is 0 Å². The molecule has 0 aromatic heterocycles. The molecule has 1 N–H and O–H groups in total. The summed E-state index contributed by atoms with van der Waals surface area (Å²) in [7, 11) is 0. The minimum absolute atomic E-state index is 0.0399. The molecule has 0 radical (unpaired) electrons. The maximum Gasteiger partial charge on any atom is 0.344 e. The van der Waals surface area contributed by atoms with Gasteiger partial charge in [0.25, 0.3) is 11.6 Å². The van der Waals surface area contributed by atoms with Gasteiger partial charge in [0.15, 0.2) is 13.2 Å². The van der Waals surface area contributed by atoms with Crippen LogP contribution in [0.4, 0.5) is 11.4 Å². The zero-order valence-corrected chi connectivity index (χ0v) is 15.9. The van der Waals surface area contributed by atoms with E-state index in [4.69, 9.17) is 9.47 Å². The van der Waals surface area contributed by atoms with E-state index < -0.39 is 23.4 Å². The molecule has 0 saturated heterocycles. The molecule has 2 aromatic carbocycles. The van der Waals surface area contributed by atoms with Gasteiger partial charge in [0.2, 0.25) is 0 Å². The van der Waals surface area contributed by atoms with E-state index in [0.29, 0.717) is 17.2 Å². The van der Waals surface area contributed by atoms with Gasteiger partial charge >= 0.3 is 5.97 Å². The lowest BCUT2D eigenvalue weighted by atomic mass is 10.0. The van der Waals surface area contributed by atoms with E-state index >= 15 is 0 Å². The molecule has 0 aliphatic carbocycles. The lowest BCUT2D eigenvalue weighted by molar-refractivity contribution is -0.384. The number of nitro groups is 1. The average molecular weight is 386 g/mol. The van der Waals surface area contributed by atoms with Crippen molar-refractivity contribution in [1.82, 2.24) is 0 Å². The summed E-state index contributed by atoms with van der Waals surface area (Å²) < 4.78 is 10.2. The van der Waals surface area contributed by atoms with Crippen LogP contribution in [-0.2, 0) is 14.3 Å². The summed E-state index contributed by atoms with van der Waals surface area (Å²) in [6.07, 6.45) is 0. The van der Waals surface area contributed by atoms with Crippen LogP contribution in [0.25, 0.3) is 0 Å². The van der Waals surface area contributed by atoms with E-state index in [1.807, 2.05) is 12.1 Å². The Hall–Kier alpha value is -3.42. The fourth-order valence-corrected chi connectivity index (χ4v) is 2.36. The van der Waals surface area contributed by atoms with Crippen molar-refractivity contribution in [2.24, 2.45) is 0 Å². The minimum Gasteiger partial charge on any atom is -0.482 e. The molecule has 2 aromatic rings. The Labute approximate surface area is 162 Å². The van der Waals surface area contributed by atoms with E-state index in [0.717, 1.165) is 5.56 Å². The van der Waals surface area contributed by atoms with Gasteiger partial charge in [0.1, 0.15) is 11.4 Å². The smallest absolute Gasteiger partial charge is 0.344 e. The first-order valence-electron chi connectivity index (χ1n) is 8.69. The van der Waals surface area contributed by atoms with E-state index in [2.05, 4.69) is 19.2 Å². The van der Waals surface area contributed by atoms with Crippen molar-refractivity contribution in [3.63, 3.8) is 0 Å². The summed E-state index contributed by atoms with van der Waals surface area (Å²) in [6.45, 7) is 4.93. The number of nitro benzene ring substituents is 1. The normalized spacial score (nSPS) is 10.4. The summed E-state index contributed by atoms with van der Waals surface area (Å²) in [5.74, 6) is -0.494. The lowest BCUT2D eigenvalue weighted by Gasteiger charge is -2.09. The Morgan fingerprint density at radius 1 is 1.11 bits per heavy atom. The van der Waals surface area contributed by atoms with Crippen LogP contribution < -0.4 is 10.1 Å². The van der Waals surface area contributed by atoms with Gasteiger partial charge in [0, 0.05) is 6.07 Å². The predicted molar refractivity (Wildman–Crippen MR) is 103 cm³/mol. The van der Waals surface area contributed by atoms with Gasteiger partial charge in [0.05, 0.1) is 4.92 Å². The zero-order valence-electron chi connectivity index (χ0n) is 15.9. The summed E-state index contributed by atoms with van der Waals surface area (Å²) in [4.78, 5) is 34.1. The highest BCUT2D eigenvalue weighted by Crippen LogP contribution is 2.25. The highest BCUT2D eigenvalue weighted by Gasteiger charge is 2.17. The fourth-order valence-electron chi connectivity index (χ4n) is 2.36. The molecule has 2 rings (SSSR count). The molecular weight excluding hydrogens is 364 g/mol. The van der Waals surface area contributed by atoms with Crippen molar-refractivity contribution >= 4 is 23.3 Å². The van der Waals surface area contributed by atoms with Gasteiger partial charge in [-0.15, -0.1) is 0 Å². The predicted octanol–water partition coefficient (Wildman–Crippen LogP) is 3.59. The average Bonchev–Trinajstić information content (AvgIpc) is 2.66. The molecule has 0 heterocycles. The number of benzene rings is 2. The molecule has 0 aliphatic rings. The third-order valence-electron chi connectivity index (χ3n) is 3.89. The van der Waals surface area contributed by atoms with Crippen LogP contribution in [0.1, 0.15) is 30.9 Å². The minimum atomic E-state index is -0.721. The second-order valence-electron chi connectivity index (χ2n) is 6.50. The van der Waals surface area contributed by atoms with Crippen LogP contribution in [0.3, 0.4) is 0 Å². The SMILES string of the molecule is Cc1ccc(NC(=O)COC(=O)COc2ccc(C(C)C)cc2)c([N+](=O)[O-])c1. The van der Waals surface area contributed by atoms with Crippen molar-refractivity contribution in [3.05, 3.63) is 63.7 Å². The number of amides is 1. The standard InChI is InChI=1S/C20H22N2O6/c1-13(2)15-5-7-16(8-6-15)27-12-20(24)28-11-19(23)21-17-9-4-14(3)10-18(17)22(25)26/h4-10,13H,11-12H2,1-3H3,(H,21,23). The second kappa shape index (κ2) is 9.50. The third kappa shape index (κ3) is 6.08. The highest BCUT2D eigenvalue weighted by atomic mass is 16.6. The number of nitrogens with zero attached hydrogens (tertiary/aromatic N) is 1. The fraction of sp³-hybridized carbons (Fsp3) is 0.300. The maximum absolute atomic E-state index is 11.9. The number of carbonyl (C=O) groups is 2. The molecule has 0 spiro atoms. The number of carbonyl (C=O) groups excluding carboxylic acids is 2. The summed E-state index contributed by atoms with van der Waals surface area (Å²) >= 11 is 0. The van der Waals surface area contributed by atoms with Crippen LogP contribution in [0.5, 0.6) is 5.75 Å². The number of rotatable bonds is 8. The number of nitrogens with one attached hydrogen (secondary N) is 1. The van der Waals surface area contributed by atoms with E-state index in [-0.39, 0.29) is 18.0 Å². The second-order valence-corrected chi connectivity index (χ2v) is 6.50. The van der Waals surface area contributed by atoms with Crippen LogP contribution in [-0.4, -0.2) is 30.0 Å². The summed E-state index contributed by atoms with van der Waals surface area (Å²) in [6, 6.07) is 11.7. The van der Waals surface area contributed by atoms with Crippen molar-refractivity contribution in [1.29, 1.82) is 0 Å². The van der Waals surface area contributed by atoms with Crippen molar-refractivity contribution in [2.75, 3.05) is 18.5 Å². The number of hydrogen-bond acceptors (Lipinski definition) is 6. The quantitative estimate of drug-likeness (QED) is 0.422. The van der Waals surface area contributed by atoms with Gasteiger partial charge in [-0.1, -0.05) is 32.0 Å². The Morgan fingerprint density at radius 3 is 2.39 bits per heavy atom. The molecule has 8 heteroatoms. The third-order valence-corrected chi connectivity index (χ3v) is 3.89. The Kier molecular flexibility index (Phi) is 7.08. The Bertz CT molecular complexity index is 861. The lowest BCUT2D eigenvalue weighted by Crippen LogP contribution is -2.24.